The molecule has 1 aromatic carbocycles. The zero-order valence-electron chi connectivity index (χ0n) is 14.5. The van der Waals surface area contributed by atoms with Crippen molar-refractivity contribution in [1.82, 2.24) is 20.0 Å². The molecule has 4 rings (SSSR count). The molecule has 7 nitrogen and oxygen atoms in total. The topological polar surface area (TPSA) is 81.9 Å². The summed E-state index contributed by atoms with van der Waals surface area (Å²) in [6.45, 7) is 1.88. The van der Waals surface area contributed by atoms with Crippen LogP contribution < -0.4 is 10.1 Å². The first-order chi connectivity index (χ1) is 13.0. The number of nitrogens with zero attached hydrogens (tertiary/aromatic N) is 4. The van der Waals surface area contributed by atoms with Crippen LogP contribution in [0, 0.1) is 6.92 Å². The molecule has 0 saturated heterocycles. The van der Waals surface area contributed by atoms with Crippen molar-refractivity contribution in [2.24, 2.45) is 0 Å². The summed E-state index contributed by atoms with van der Waals surface area (Å²) in [5.74, 6) is 0.956. The van der Waals surface area contributed by atoms with Crippen molar-refractivity contribution < 1.29 is 9.53 Å². The van der Waals surface area contributed by atoms with Crippen LogP contribution in [0.4, 0.5) is 5.82 Å². The van der Waals surface area contributed by atoms with E-state index in [0.29, 0.717) is 27.6 Å². The molecule has 1 N–H and O–H groups in total. The number of benzene rings is 1. The number of ether oxygens (including phenoxy) is 1. The van der Waals surface area contributed by atoms with Crippen LogP contribution in [0.5, 0.6) is 5.88 Å². The molecule has 0 saturated carbocycles. The molecule has 1 aliphatic rings. The molecular formula is C18H15Cl2N5O2. The van der Waals surface area contributed by atoms with E-state index >= 15 is 0 Å². The number of hydrogen-bond donors (Lipinski definition) is 1. The van der Waals surface area contributed by atoms with E-state index in [-0.39, 0.29) is 18.2 Å². The fraction of sp³-hybridized carbons (Fsp3) is 0.222. The number of nitrogens with one attached hydrogen (secondary N) is 1. The highest BCUT2D eigenvalue weighted by Crippen LogP contribution is 2.44. The van der Waals surface area contributed by atoms with Crippen LogP contribution >= 0.6 is 23.2 Å². The number of carbonyl (C=O) groups excluding carboxylic acids is 1. The molecule has 138 valence electrons. The number of anilines is 1. The Morgan fingerprint density at radius 1 is 1.15 bits per heavy atom. The van der Waals surface area contributed by atoms with Crippen LogP contribution in [0.1, 0.15) is 29.2 Å². The number of aryl methyl sites for hydroxylation is 1. The summed E-state index contributed by atoms with van der Waals surface area (Å²) in [7, 11) is 1.52. The number of methoxy groups -OCH3 is 1. The van der Waals surface area contributed by atoms with Crippen LogP contribution in [0.25, 0.3) is 5.82 Å². The highest BCUT2D eigenvalue weighted by molar-refractivity contribution is 6.36. The molecule has 1 atom stereocenters. The standard InChI is InChI=1S/C18H15Cl2N5O2/c1-9-16-10(17-11(19)4-3-5-12(17)20)8-14(26)21-18(16)25(24-9)13-6-7-15(27-2)23-22-13/h3-7,10H,8H2,1-2H3,(H,21,26)/t10-/m0/s1. The predicted molar refractivity (Wildman–Crippen MR) is 102 cm³/mol. The summed E-state index contributed by atoms with van der Waals surface area (Å²) in [5.41, 5.74) is 2.34. The number of rotatable bonds is 3. The highest BCUT2D eigenvalue weighted by atomic mass is 35.5. The van der Waals surface area contributed by atoms with Crippen molar-refractivity contribution >= 4 is 34.9 Å². The molecule has 27 heavy (non-hydrogen) atoms. The van der Waals surface area contributed by atoms with Gasteiger partial charge in [0.2, 0.25) is 11.8 Å². The number of carbonyl (C=O) groups is 1. The van der Waals surface area contributed by atoms with Crippen LogP contribution in [-0.2, 0) is 4.79 Å². The Morgan fingerprint density at radius 3 is 2.52 bits per heavy atom. The summed E-state index contributed by atoms with van der Waals surface area (Å²) in [4.78, 5) is 12.4. The van der Waals surface area contributed by atoms with E-state index in [4.69, 9.17) is 27.9 Å². The lowest BCUT2D eigenvalue weighted by Crippen LogP contribution is -2.25. The van der Waals surface area contributed by atoms with Crippen molar-refractivity contribution in [2.75, 3.05) is 12.4 Å². The van der Waals surface area contributed by atoms with Gasteiger partial charge in [-0.2, -0.15) is 9.78 Å². The van der Waals surface area contributed by atoms with Crippen molar-refractivity contribution in [3.05, 3.63) is 57.2 Å². The molecule has 2 aromatic heterocycles. The van der Waals surface area contributed by atoms with E-state index in [0.717, 1.165) is 16.8 Å². The van der Waals surface area contributed by atoms with E-state index < -0.39 is 0 Å². The summed E-state index contributed by atoms with van der Waals surface area (Å²) in [6.07, 6.45) is 0.233. The lowest BCUT2D eigenvalue weighted by Gasteiger charge is -2.25. The molecule has 1 aliphatic heterocycles. The Bertz CT molecular complexity index is 1010. The first-order valence-electron chi connectivity index (χ1n) is 8.21. The summed E-state index contributed by atoms with van der Waals surface area (Å²) in [5, 5.41) is 16.6. The van der Waals surface area contributed by atoms with Gasteiger partial charge in [-0.05, 0) is 30.7 Å². The number of amides is 1. The first kappa shape index (κ1) is 17.8. The highest BCUT2D eigenvalue weighted by Gasteiger charge is 2.35. The molecule has 0 radical (unpaired) electrons. The maximum absolute atomic E-state index is 12.4. The third-order valence-electron chi connectivity index (χ3n) is 4.50. The lowest BCUT2D eigenvalue weighted by molar-refractivity contribution is -0.116. The van der Waals surface area contributed by atoms with Crippen LogP contribution in [0.2, 0.25) is 10.0 Å². The number of fused-ring (bicyclic) bond motifs is 1. The number of hydrogen-bond acceptors (Lipinski definition) is 5. The Labute approximate surface area is 165 Å². The Balaban J connectivity index is 1.88. The van der Waals surface area contributed by atoms with E-state index in [9.17, 15) is 4.79 Å². The normalized spacial score (nSPS) is 16.0. The second kappa shape index (κ2) is 6.83. The monoisotopic (exact) mass is 403 g/mol. The maximum Gasteiger partial charge on any atom is 0.233 e. The molecule has 3 aromatic rings. The lowest BCUT2D eigenvalue weighted by atomic mass is 9.85. The van der Waals surface area contributed by atoms with Crippen molar-refractivity contribution in [3.8, 4) is 11.7 Å². The molecule has 9 heteroatoms. The van der Waals surface area contributed by atoms with Crippen molar-refractivity contribution in [2.45, 2.75) is 19.3 Å². The quantitative estimate of drug-likeness (QED) is 0.719. The molecule has 0 bridgehead atoms. The second-order valence-electron chi connectivity index (χ2n) is 6.13. The van der Waals surface area contributed by atoms with Gasteiger partial charge < -0.3 is 10.1 Å². The predicted octanol–water partition coefficient (Wildman–Crippen LogP) is 3.76. The summed E-state index contributed by atoms with van der Waals surface area (Å²) >= 11 is 12.8. The number of aromatic nitrogens is 4. The van der Waals surface area contributed by atoms with E-state index in [1.807, 2.05) is 6.92 Å². The fourth-order valence-electron chi connectivity index (χ4n) is 3.34. The van der Waals surface area contributed by atoms with Crippen molar-refractivity contribution in [3.63, 3.8) is 0 Å². The van der Waals surface area contributed by atoms with E-state index in [1.54, 1.807) is 35.0 Å². The minimum Gasteiger partial charge on any atom is -0.480 e. The molecule has 0 aliphatic carbocycles. The van der Waals surface area contributed by atoms with Gasteiger partial charge in [0.1, 0.15) is 5.82 Å². The van der Waals surface area contributed by atoms with Gasteiger partial charge in [-0.25, -0.2) is 0 Å². The van der Waals surface area contributed by atoms with Crippen molar-refractivity contribution in [1.29, 1.82) is 0 Å². The largest absolute Gasteiger partial charge is 0.480 e. The first-order valence-corrected chi connectivity index (χ1v) is 8.96. The summed E-state index contributed by atoms with van der Waals surface area (Å²) < 4.78 is 6.60. The fourth-order valence-corrected chi connectivity index (χ4v) is 4.00. The van der Waals surface area contributed by atoms with Gasteiger partial charge in [-0.3, -0.25) is 4.79 Å². The maximum atomic E-state index is 12.4. The van der Waals surface area contributed by atoms with Crippen LogP contribution in [-0.4, -0.2) is 33.0 Å². The van der Waals surface area contributed by atoms with Gasteiger partial charge >= 0.3 is 0 Å². The molecule has 0 fully saturated rings. The zero-order valence-corrected chi connectivity index (χ0v) is 16.0. The van der Waals surface area contributed by atoms with Gasteiger partial charge in [0.15, 0.2) is 5.82 Å². The average Bonchev–Trinajstić information content (AvgIpc) is 2.98. The second-order valence-corrected chi connectivity index (χ2v) is 6.95. The van der Waals surface area contributed by atoms with Gasteiger partial charge in [0.05, 0.1) is 12.8 Å². The minimum atomic E-state index is -0.296. The smallest absolute Gasteiger partial charge is 0.233 e. The Morgan fingerprint density at radius 2 is 1.89 bits per heavy atom. The molecule has 1 amide bonds. The minimum absolute atomic E-state index is 0.147. The van der Waals surface area contributed by atoms with E-state index in [1.165, 1.54) is 7.11 Å². The molecule has 3 heterocycles. The Hall–Kier alpha value is -2.64. The third-order valence-corrected chi connectivity index (χ3v) is 5.16. The molecule has 0 unspecified atom stereocenters. The zero-order chi connectivity index (χ0) is 19.1. The summed E-state index contributed by atoms with van der Waals surface area (Å²) in [6, 6.07) is 8.71. The number of halogens is 2. The van der Waals surface area contributed by atoms with Crippen LogP contribution in [0.3, 0.4) is 0 Å². The van der Waals surface area contributed by atoms with Gasteiger partial charge in [0.25, 0.3) is 0 Å². The van der Waals surface area contributed by atoms with Gasteiger partial charge in [-0.15, -0.1) is 10.2 Å². The van der Waals surface area contributed by atoms with E-state index in [2.05, 4.69) is 20.6 Å². The molecule has 0 spiro atoms. The van der Waals surface area contributed by atoms with Crippen LogP contribution in [0.15, 0.2) is 30.3 Å². The Kier molecular flexibility index (Phi) is 4.49. The third kappa shape index (κ3) is 3.02. The average molecular weight is 404 g/mol. The SMILES string of the molecule is COc1ccc(-n2nc(C)c3c2NC(=O)C[C@@H]3c2c(Cl)cccc2Cl)nn1. The molecular weight excluding hydrogens is 389 g/mol. The van der Waals surface area contributed by atoms with Gasteiger partial charge in [-0.1, -0.05) is 29.3 Å². The van der Waals surface area contributed by atoms with Gasteiger partial charge in [0, 0.05) is 34.0 Å².